The van der Waals surface area contributed by atoms with Crippen LogP contribution in [0.4, 0.5) is 11.4 Å². The summed E-state index contributed by atoms with van der Waals surface area (Å²) in [4.78, 5) is 0.210. The van der Waals surface area contributed by atoms with Crippen LogP contribution in [0.25, 0.3) is 0 Å². The van der Waals surface area contributed by atoms with Crippen molar-refractivity contribution in [2.45, 2.75) is 32.6 Å². The van der Waals surface area contributed by atoms with E-state index in [-0.39, 0.29) is 4.90 Å². The van der Waals surface area contributed by atoms with E-state index in [0.717, 1.165) is 16.7 Å². The summed E-state index contributed by atoms with van der Waals surface area (Å²) in [6.45, 7) is 7.53. The summed E-state index contributed by atoms with van der Waals surface area (Å²) in [6, 6.07) is 8.79. The molecule has 0 heterocycles. The van der Waals surface area contributed by atoms with Crippen LogP contribution in [0.1, 0.15) is 22.3 Å². The van der Waals surface area contributed by atoms with Gasteiger partial charge in [-0.15, -0.1) is 0 Å². The van der Waals surface area contributed by atoms with Gasteiger partial charge in [0.2, 0.25) is 0 Å². The van der Waals surface area contributed by atoms with Gasteiger partial charge in [-0.3, -0.25) is 4.72 Å². The number of rotatable bonds is 3. The first-order valence-electron chi connectivity index (χ1n) is 6.67. The van der Waals surface area contributed by atoms with Crippen molar-refractivity contribution < 1.29 is 8.42 Å². The van der Waals surface area contributed by atoms with E-state index in [2.05, 4.69) is 4.72 Å². The van der Waals surface area contributed by atoms with Crippen LogP contribution in [0.15, 0.2) is 35.2 Å². The lowest BCUT2D eigenvalue weighted by atomic mass is 10.1. The Labute approximate surface area is 126 Å². The molecule has 0 saturated heterocycles. The molecular formula is C16H20N2O2S. The number of hydrogen-bond donors (Lipinski definition) is 2. The molecule has 4 nitrogen and oxygen atoms in total. The SMILES string of the molecule is Cc1cc(C)c(NS(=O)(=O)c2cc(N)ccc2C)c(C)c1. The molecule has 0 aliphatic rings. The second-order valence-corrected chi connectivity index (χ2v) is 7.05. The van der Waals surface area contributed by atoms with Crippen molar-refractivity contribution in [1.82, 2.24) is 0 Å². The maximum atomic E-state index is 12.6. The molecule has 2 rings (SSSR count). The average Bonchev–Trinajstić information content (AvgIpc) is 2.36. The van der Waals surface area contributed by atoms with Crippen LogP contribution in [0.3, 0.4) is 0 Å². The van der Waals surface area contributed by atoms with E-state index in [4.69, 9.17) is 5.73 Å². The van der Waals surface area contributed by atoms with Gasteiger partial charge in [0.15, 0.2) is 0 Å². The van der Waals surface area contributed by atoms with Gasteiger partial charge in [0.05, 0.1) is 10.6 Å². The fourth-order valence-corrected chi connectivity index (χ4v) is 3.92. The summed E-state index contributed by atoms with van der Waals surface area (Å²) in [5.74, 6) is 0. The highest BCUT2D eigenvalue weighted by Crippen LogP contribution is 2.27. The summed E-state index contributed by atoms with van der Waals surface area (Å²) in [7, 11) is -3.65. The topological polar surface area (TPSA) is 72.2 Å². The predicted octanol–water partition coefficient (Wildman–Crippen LogP) is 3.30. The van der Waals surface area contributed by atoms with Gasteiger partial charge in [-0.1, -0.05) is 23.8 Å². The maximum Gasteiger partial charge on any atom is 0.262 e. The first-order chi connectivity index (χ1) is 9.70. The van der Waals surface area contributed by atoms with Crippen molar-refractivity contribution in [2.75, 3.05) is 10.5 Å². The van der Waals surface area contributed by atoms with Gasteiger partial charge in [-0.2, -0.15) is 0 Å². The monoisotopic (exact) mass is 304 g/mol. The van der Waals surface area contributed by atoms with Gasteiger partial charge in [-0.25, -0.2) is 8.42 Å². The highest BCUT2D eigenvalue weighted by molar-refractivity contribution is 7.92. The Morgan fingerprint density at radius 1 is 0.905 bits per heavy atom. The van der Waals surface area contributed by atoms with E-state index in [1.807, 2.05) is 32.9 Å². The minimum atomic E-state index is -3.65. The lowest BCUT2D eigenvalue weighted by molar-refractivity contribution is 0.600. The Morgan fingerprint density at radius 3 is 2.05 bits per heavy atom. The van der Waals surface area contributed by atoms with Crippen molar-refractivity contribution in [2.24, 2.45) is 0 Å². The summed E-state index contributed by atoms with van der Waals surface area (Å²) < 4.78 is 27.9. The quantitative estimate of drug-likeness (QED) is 0.855. The maximum absolute atomic E-state index is 12.6. The second-order valence-electron chi connectivity index (χ2n) is 5.40. The lowest BCUT2D eigenvalue weighted by Crippen LogP contribution is -2.16. The molecule has 0 unspecified atom stereocenters. The van der Waals surface area contributed by atoms with E-state index < -0.39 is 10.0 Å². The highest BCUT2D eigenvalue weighted by atomic mass is 32.2. The Morgan fingerprint density at radius 2 is 1.48 bits per heavy atom. The van der Waals surface area contributed by atoms with Crippen LogP contribution < -0.4 is 10.5 Å². The largest absolute Gasteiger partial charge is 0.399 e. The molecule has 0 aromatic heterocycles. The zero-order valence-electron chi connectivity index (χ0n) is 12.7. The fraction of sp³-hybridized carbons (Fsp3) is 0.250. The molecule has 21 heavy (non-hydrogen) atoms. The van der Waals surface area contributed by atoms with Crippen molar-refractivity contribution in [1.29, 1.82) is 0 Å². The van der Waals surface area contributed by atoms with Gasteiger partial charge in [0.1, 0.15) is 0 Å². The van der Waals surface area contributed by atoms with Crippen LogP contribution in [-0.2, 0) is 10.0 Å². The second kappa shape index (κ2) is 5.41. The molecule has 0 aliphatic carbocycles. The smallest absolute Gasteiger partial charge is 0.262 e. The Bertz CT molecular complexity index is 773. The van der Waals surface area contributed by atoms with E-state index in [0.29, 0.717) is 16.9 Å². The van der Waals surface area contributed by atoms with Crippen molar-refractivity contribution in [3.63, 3.8) is 0 Å². The number of aryl methyl sites for hydroxylation is 4. The third kappa shape index (κ3) is 3.19. The summed E-state index contributed by atoms with van der Waals surface area (Å²) in [5, 5.41) is 0. The summed E-state index contributed by atoms with van der Waals surface area (Å²) >= 11 is 0. The number of nitrogens with one attached hydrogen (secondary N) is 1. The molecule has 5 heteroatoms. The molecule has 0 radical (unpaired) electrons. The van der Waals surface area contributed by atoms with E-state index in [1.165, 1.54) is 6.07 Å². The average molecular weight is 304 g/mol. The summed E-state index contributed by atoms with van der Waals surface area (Å²) in [6.07, 6.45) is 0. The van der Waals surface area contributed by atoms with Gasteiger partial charge < -0.3 is 5.73 Å². The number of nitrogens with two attached hydrogens (primary N) is 1. The Hall–Kier alpha value is -2.01. The number of anilines is 2. The van der Waals surface area contributed by atoms with Crippen molar-refractivity contribution in [3.8, 4) is 0 Å². The van der Waals surface area contributed by atoms with Gasteiger partial charge in [-0.05, 0) is 56.5 Å². The fourth-order valence-electron chi connectivity index (χ4n) is 2.44. The molecule has 112 valence electrons. The van der Waals surface area contributed by atoms with Crippen LogP contribution in [0.2, 0.25) is 0 Å². The molecule has 0 bridgehead atoms. The standard InChI is InChI=1S/C16H20N2O2S/c1-10-7-12(3)16(13(4)8-10)18-21(19,20)15-9-14(17)6-5-11(15)2/h5-9,18H,17H2,1-4H3. The molecule has 0 fully saturated rings. The third-order valence-electron chi connectivity index (χ3n) is 3.42. The Kier molecular flexibility index (Phi) is 3.96. The van der Waals surface area contributed by atoms with Gasteiger partial charge >= 0.3 is 0 Å². The molecule has 0 spiro atoms. The first-order valence-corrected chi connectivity index (χ1v) is 8.16. The Balaban J connectivity index is 2.50. The van der Waals surface area contributed by atoms with E-state index in [9.17, 15) is 8.42 Å². The van der Waals surface area contributed by atoms with Crippen molar-refractivity contribution >= 4 is 21.4 Å². The molecule has 2 aromatic carbocycles. The minimum absolute atomic E-state index is 0.210. The molecule has 0 amide bonds. The normalized spacial score (nSPS) is 11.4. The first kappa shape index (κ1) is 15.4. The van der Waals surface area contributed by atoms with Crippen LogP contribution >= 0.6 is 0 Å². The van der Waals surface area contributed by atoms with Gasteiger partial charge in [0.25, 0.3) is 10.0 Å². The molecule has 0 saturated carbocycles. The summed E-state index contributed by atoms with van der Waals surface area (Å²) in [5.41, 5.74) is 10.3. The van der Waals surface area contributed by atoms with Crippen molar-refractivity contribution in [3.05, 3.63) is 52.6 Å². The van der Waals surface area contributed by atoms with Gasteiger partial charge in [0, 0.05) is 5.69 Å². The predicted molar refractivity (Wildman–Crippen MR) is 87.1 cm³/mol. The minimum Gasteiger partial charge on any atom is -0.399 e. The number of hydrogen-bond acceptors (Lipinski definition) is 3. The lowest BCUT2D eigenvalue weighted by Gasteiger charge is -2.15. The number of nitrogen functional groups attached to an aromatic ring is 1. The van der Waals surface area contributed by atoms with E-state index in [1.54, 1.807) is 19.1 Å². The van der Waals surface area contributed by atoms with Crippen LogP contribution in [-0.4, -0.2) is 8.42 Å². The number of sulfonamides is 1. The van der Waals surface area contributed by atoms with Crippen LogP contribution in [0, 0.1) is 27.7 Å². The molecule has 2 aromatic rings. The van der Waals surface area contributed by atoms with Crippen LogP contribution in [0.5, 0.6) is 0 Å². The highest BCUT2D eigenvalue weighted by Gasteiger charge is 2.19. The molecule has 0 atom stereocenters. The molecule has 3 N–H and O–H groups in total. The van der Waals surface area contributed by atoms with E-state index >= 15 is 0 Å². The molecule has 0 aliphatic heterocycles. The number of benzene rings is 2. The zero-order valence-corrected chi connectivity index (χ0v) is 13.5. The zero-order chi connectivity index (χ0) is 15.8. The molecular weight excluding hydrogens is 284 g/mol. The third-order valence-corrected chi connectivity index (χ3v) is 4.91.